The third-order valence-corrected chi connectivity index (χ3v) is 10.0. The highest BCUT2D eigenvalue weighted by atomic mass is 35.5. The number of likely N-dealkylation sites (N-methyl/N-ethyl adjacent to an activating group) is 1. The summed E-state index contributed by atoms with van der Waals surface area (Å²) >= 11 is 6.26. The van der Waals surface area contributed by atoms with E-state index in [2.05, 4.69) is 0 Å². The first-order valence-corrected chi connectivity index (χ1v) is 14.9. The number of benzene rings is 3. The monoisotopic (exact) mass is 553 g/mol. The summed E-state index contributed by atoms with van der Waals surface area (Å²) in [6, 6.07) is 19.2. The van der Waals surface area contributed by atoms with Crippen LogP contribution >= 0.6 is 11.6 Å². The summed E-state index contributed by atoms with van der Waals surface area (Å²) in [6.07, 6.45) is 2.85. The third kappa shape index (κ3) is 5.30. The van der Waals surface area contributed by atoms with Crippen LogP contribution in [0, 0.1) is 0 Å². The molecule has 0 saturated carbocycles. The van der Waals surface area contributed by atoms with Crippen LogP contribution in [0.5, 0.6) is 0 Å². The van der Waals surface area contributed by atoms with Crippen LogP contribution in [0.1, 0.15) is 31.2 Å². The molecule has 2 aliphatic heterocycles. The molecule has 1 atom stereocenters. The predicted octanol–water partition coefficient (Wildman–Crippen LogP) is 4.34. The molecule has 0 unspecified atom stereocenters. The van der Waals surface area contributed by atoms with Crippen LogP contribution in [0.4, 0.5) is 0 Å². The summed E-state index contributed by atoms with van der Waals surface area (Å²) < 4.78 is 28.6. The van der Waals surface area contributed by atoms with Crippen molar-refractivity contribution in [2.24, 2.45) is 0 Å². The SMILES string of the molecule is CN(C(=O)[C@@H]1CCCN1S(=O)(=O)c1ccc2c(Cl)cccc2c1)C1CCN(C(=O)Cc2ccccc2)CC1. The number of piperidine rings is 1. The Hall–Kier alpha value is -2.94. The van der Waals surface area contributed by atoms with E-state index in [4.69, 9.17) is 11.6 Å². The molecule has 0 N–H and O–H groups in total. The lowest BCUT2D eigenvalue weighted by Crippen LogP contribution is -2.52. The van der Waals surface area contributed by atoms with Crippen LogP contribution in [0.3, 0.4) is 0 Å². The van der Waals surface area contributed by atoms with Gasteiger partial charge in [0.05, 0.1) is 11.3 Å². The number of likely N-dealkylation sites (tertiary alicyclic amines) is 1. The van der Waals surface area contributed by atoms with E-state index >= 15 is 0 Å². The first kappa shape index (κ1) is 26.7. The lowest BCUT2D eigenvalue weighted by molar-refractivity contribution is -0.137. The second-order valence-electron chi connectivity index (χ2n) is 10.1. The first-order chi connectivity index (χ1) is 18.3. The summed E-state index contributed by atoms with van der Waals surface area (Å²) in [7, 11) is -2.10. The minimum Gasteiger partial charge on any atom is -0.342 e. The number of hydrogen-bond donors (Lipinski definition) is 0. The fraction of sp³-hybridized carbons (Fsp3) is 0.379. The van der Waals surface area contributed by atoms with E-state index < -0.39 is 16.1 Å². The molecule has 2 fully saturated rings. The number of fused-ring (bicyclic) bond motifs is 1. The maximum atomic E-state index is 13.6. The Morgan fingerprint density at radius 1 is 0.947 bits per heavy atom. The van der Waals surface area contributed by atoms with Crippen LogP contribution < -0.4 is 0 Å². The van der Waals surface area contributed by atoms with E-state index in [9.17, 15) is 18.0 Å². The highest BCUT2D eigenvalue weighted by Crippen LogP contribution is 2.31. The van der Waals surface area contributed by atoms with Gasteiger partial charge in [0.15, 0.2) is 0 Å². The van der Waals surface area contributed by atoms with Crippen molar-refractivity contribution in [1.82, 2.24) is 14.1 Å². The van der Waals surface area contributed by atoms with Gasteiger partial charge in [0.1, 0.15) is 6.04 Å². The number of nitrogens with zero attached hydrogens (tertiary/aromatic N) is 3. The van der Waals surface area contributed by atoms with Gasteiger partial charge in [0.2, 0.25) is 21.8 Å². The van der Waals surface area contributed by atoms with Gasteiger partial charge in [0.25, 0.3) is 0 Å². The topological polar surface area (TPSA) is 78.0 Å². The molecule has 0 radical (unpaired) electrons. The number of carbonyl (C=O) groups excluding carboxylic acids is 2. The lowest BCUT2D eigenvalue weighted by Gasteiger charge is -2.38. The van der Waals surface area contributed by atoms with Gasteiger partial charge in [-0.3, -0.25) is 9.59 Å². The predicted molar refractivity (Wildman–Crippen MR) is 148 cm³/mol. The van der Waals surface area contributed by atoms with Gasteiger partial charge >= 0.3 is 0 Å². The molecule has 0 aliphatic carbocycles. The van der Waals surface area contributed by atoms with Crippen LogP contribution in [0.2, 0.25) is 5.02 Å². The molecule has 38 heavy (non-hydrogen) atoms. The van der Waals surface area contributed by atoms with Crippen molar-refractivity contribution >= 4 is 44.2 Å². The highest BCUT2D eigenvalue weighted by Gasteiger charge is 2.42. The van der Waals surface area contributed by atoms with Crippen molar-refractivity contribution in [3.63, 3.8) is 0 Å². The molecule has 9 heteroatoms. The van der Waals surface area contributed by atoms with Gasteiger partial charge in [0, 0.05) is 43.1 Å². The Kier molecular flexibility index (Phi) is 7.75. The van der Waals surface area contributed by atoms with Gasteiger partial charge in [-0.1, -0.05) is 60.1 Å². The Labute approximate surface area is 229 Å². The molecule has 7 nitrogen and oxygen atoms in total. The van der Waals surface area contributed by atoms with Gasteiger partial charge in [-0.15, -0.1) is 0 Å². The van der Waals surface area contributed by atoms with E-state index in [1.54, 1.807) is 42.3 Å². The molecule has 3 aromatic rings. The second-order valence-corrected chi connectivity index (χ2v) is 12.4. The van der Waals surface area contributed by atoms with Crippen LogP contribution in [-0.4, -0.2) is 73.1 Å². The van der Waals surface area contributed by atoms with Crippen molar-refractivity contribution in [2.75, 3.05) is 26.7 Å². The number of carbonyl (C=O) groups is 2. The number of halogens is 1. The van der Waals surface area contributed by atoms with E-state index in [0.29, 0.717) is 56.8 Å². The number of rotatable bonds is 6. The standard InChI is InChI=1S/C29H32ClN3O4S/c1-31(23-14-17-32(18-15-23)28(34)19-21-7-3-2-4-8-21)29(35)27-11-6-16-33(27)38(36,37)24-12-13-25-22(20-24)9-5-10-26(25)30/h2-5,7-10,12-13,20,23,27H,6,11,14-19H2,1H3/t27-/m0/s1. The molecule has 3 aromatic carbocycles. The normalized spacial score (nSPS) is 19.1. The maximum absolute atomic E-state index is 13.6. The molecule has 0 spiro atoms. The quantitative estimate of drug-likeness (QED) is 0.455. The maximum Gasteiger partial charge on any atom is 0.243 e. The van der Waals surface area contributed by atoms with E-state index in [1.165, 1.54) is 4.31 Å². The molecule has 5 rings (SSSR count). The van der Waals surface area contributed by atoms with Crippen molar-refractivity contribution < 1.29 is 18.0 Å². The van der Waals surface area contributed by atoms with E-state index in [0.717, 1.165) is 16.3 Å². The Balaban J connectivity index is 1.24. The minimum absolute atomic E-state index is 0.0313. The molecule has 0 bridgehead atoms. The number of amides is 2. The summed E-state index contributed by atoms with van der Waals surface area (Å²) in [5, 5.41) is 2.09. The molecule has 2 heterocycles. The van der Waals surface area contributed by atoms with Gasteiger partial charge < -0.3 is 9.80 Å². The number of sulfonamides is 1. The summed E-state index contributed by atoms with van der Waals surface area (Å²) in [5.74, 6) is -0.0858. The smallest absolute Gasteiger partial charge is 0.243 e. The average Bonchev–Trinajstić information content (AvgIpc) is 3.44. The molecular formula is C29H32ClN3O4S. The third-order valence-electron chi connectivity index (χ3n) is 7.80. The van der Waals surface area contributed by atoms with Crippen molar-refractivity contribution in [2.45, 2.75) is 49.1 Å². The molecule has 2 saturated heterocycles. The van der Waals surface area contributed by atoms with E-state index in [1.807, 2.05) is 41.3 Å². The molecular weight excluding hydrogens is 522 g/mol. The molecule has 200 valence electrons. The van der Waals surface area contributed by atoms with E-state index in [-0.39, 0.29) is 22.8 Å². The fourth-order valence-electron chi connectivity index (χ4n) is 5.59. The zero-order valence-corrected chi connectivity index (χ0v) is 23.0. The Bertz CT molecular complexity index is 1440. The second kappa shape index (κ2) is 11.0. The highest BCUT2D eigenvalue weighted by molar-refractivity contribution is 7.89. The molecule has 2 amide bonds. The summed E-state index contributed by atoms with van der Waals surface area (Å²) in [6.45, 7) is 1.48. The zero-order valence-electron chi connectivity index (χ0n) is 21.4. The molecule has 2 aliphatic rings. The Morgan fingerprint density at radius 2 is 1.68 bits per heavy atom. The average molecular weight is 554 g/mol. The van der Waals surface area contributed by atoms with Gasteiger partial charge in [-0.05, 0) is 54.8 Å². The van der Waals surface area contributed by atoms with Gasteiger partial charge in [-0.25, -0.2) is 8.42 Å². The van der Waals surface area contributed by atoms with Crippen LogP contribution in [0.15, 0.2) is 71.6 Å². The van der Waals surface area contributed by atoms with Crippen molar-refractivity contribution in [1.29, 1.82) is 0 Å². The lowest BCUT2D eigenvalue weighted by atomic mass is 10.0. The number of hydrogen-bond acceptors (Lipinski definition) is 4. The zero-order chi connectivity index (χ0) is 26.9. The van der Waals surface area contributed by atoms with Crippen LogP contribution in [-0.2, 0) is 26.0 Å². The first-order valence-electron chi connectivity index (χ1n) is 13.0. The van der Waals surface area contributed by atoms with Gasteiger partial charge in [-0.2, -0.15) is 4.31 Å². The largest absolute Gasteiger partial charge is 0.342 e. The van der Waals surface area contributed by atoms with Crippen LogP contribution in [0.25, 0.3) is 10.8 Å². The van der Waals surface area contributed by atoms with Crippen molar-refractivity contribution in [3.8, 4) is 0 Å². The minimum atomic E-state index is -3.86. The fourth-order valence-corrected chi connectivity index (χ4v) is 7.52. The van der Waals surface area contributed by atoms with Crippen molar-refractivity contribution in [3.05, 3.63) is 77.3 Å². The molecule has 0 aromatic heterocycles. The summed E-state index contributed by atoms with van der Waals surface area (Å²) in [4.78, 5) is 30.0. The Morgan fingerprint density at radius 3 is 2.42 bits per heavy atom. The summed E-state index contributed by atoms with van der Waals surface area (Å²) in [5.41, 5.74) is 0.990.